The van der Waals surface area contributed by atoms with E-state index in [9.17, 15) is 9.59 Å². The number of primary amides is 2. The van der Waals surface area contributed by atoms with E-state index in [0.717, 1.165) is 0 Å². The van der Waals surface area contributed by atoms with E-state index in [1.807, 2.05) is 13.8 Å². The maximum atomic E-state index is 10.9. The fraction of sp³-hybridized carbons (Fsp3) is 0.800. The van der Waals surface area contributed by atoms with Crippen LogP contribution in [0.15, 0.2) is 0 Å². The minimum atomic E-state index is -0.357. The number of carbonyl (C=O) groups excluding carboxylic acids is 2. The Morgan fingerprint density at radius 2 is 1.25 bits per heavy atom. The molecule has 0 saturated carbocycles. The molecule has 0 saturated heterocycles. The van der Waals surface area contributed by atoms with Crippen LogP contribution in [0.3, 0.4) is 0 Å². The van der Waals surface area contributed by atoms with Gasteiger partial charge in [0.05, 0.1) is 12.1 Å². The van der Waals surface area contributed by atoms with Gasteiger partial charge >= 0.3 is 0 Å². The molecule has 0 fully saturated rings. The highest BCUT2D eigenvalue weighted by atomic mass is 16.1. The lowest BCUT2D eigenvalue weighted by Crippen LogP contribution is -2.47. The smallest absolute Gasteiger partial charge is 0.234 e. The van der Waals surface area contributed by atoms with E-state index >= 15 is 0 Å². The predicted molar refractivity (Wildman–Crippen MR) is 62.6 cm³/mol. The monoisotopic (exact) mass is 230 g/mol. The van der Waals surface area contributed by atoms with Crippen LogP contribution in [0.25, 0.3) is 0 Å². The fourth-order valence-electron chi connectivity index (χ4n) is 1.39. The molecule has 0 heterocycles. The van der Waals surface area contributed by atoms with Crippen molar-refractivity contribution in [3.63, 3.8) is 0 Å². The molecule has 0 rings (SSSR count). The van der Waals surface area contributed by atoms with Gasteiger partial charge < -0.3 is 22.1 Å². The van der Waals surface area contributed by atoms with E-state index in [-0.39, 0.29) is 23.9 Å². The summed E-state index contributed by atoms with van der Waals surface area (Å²) in [5, 5.41) is 6.00. The molecule has 6 heteroatoms. The van der Waals surface area contributed by atoms with Crippen molar-refractivity contribution in [2.24, 2.45) is 11.5 Å². The van der Waals surface area contributed by atoms with E-state index in [2.05, 4.69) is 10.6 Å². The number of amides is 2. The Balaban J connectivity index is 3.73. The van der Waals surface area contributed by atoms with Crippen molar-refractivity contribution in [2.45, 2.75) is 38.8 Å². The van der Waals surface area contributed by atoms with Gasteiger partial charge in [-0.25, -0.2) is 0 Å². The Kier molecular flexibility index (Phi) is 7.49. The van der Waals surface area contributed by atoms with Gasteiger partial charge in [0.2, 0.25) is 11.8 Å². The van der Waals surface area contributed by atoms with Crippen LogP contribution in [0.4, 0.5) is 0 Å². The van der Waals surface area contributed by atoms with Gasteiger partial charge in [0.1, 0.15) is 0 Å². The molecule has 6 nitrogen and oxygen atoms in total. The van der Waals surface area contributed by atoms with Gasteiger partial charge in [0.15, 0.2) is 0 Å². The molecule has 0 spiro atoms. The van der Waals surface area contributed by atoms with Gasteiger partial charge in [0.25, 0.3) is 0 Å². The summed E-state index contributed by atoms with van der Waals surface area (Å²) in [7, 11) is 0. The molecule has 0 aliphatic heterocycles. The van der Waals surface area contributed by atoms with Crippen LogP contribution in [0.2, 0.25) is 0 Å². The first kappa shape index (κ1) is 14.9. The summed E-state index contributed by atoms with van der Waals surface area (Å²) in [5.74, 6) is -0.714. The van der Waals surface area contributed by atoms with E-state index in [0.29, 0.717) is 25.9 Å². The van der Waals surface area contributed by atoms with Crippen LogP contribution in [-0.4, -0.2) is 37.0 Å². The highest BCUT2D eigenvalue weighted by Gasteiger charge is 2.13. The summed E-state index contributed by atoms with van der Waals surface area (Å²) in [5.41, 5.74) is 10.3. The van der Waals surface area contributed by atoms with Crippen molar-refractivity contribution in [1.29, 1.82) is 0 Å². The highest BCUT2D eigenvalue weighted by molar-refractivity contribution is 5.80. The largest absolute Gasteiger partial charge is 0.368 e. The van der Waals surface area contributed by atoms with Gasteiger partial charge in [-0.2, -0.15) is 0 Å². The van der Waals surface area contributed by atoms with Crippen molar-refractivity contribution >= 4 is 11.8 Å². The SMILES string of the molecule is CCC(NCCNC(CC)C(N)=O)C(N)=O. The zero-order valence-electron chi connectivity index (χ0n) is 9.95. The third kappa shape index (κ3) is 5.67. The molecule has 0 aliphatic carbocycles. The van der Waals surface area contributed by atoms with Crippen molar-refractivity contribution in [1.82, 2.24) is 10.6 Å². The lowest BCUT2D eigenvalue weighted by Gasteiger charge is -2.16. The van der Waals surface area contributed by atoms with Crippen molar-refractivity contribution in [3.8, 4) is 0 Å². The van der Waals surface area contributed by atoms with Crippen LogP contribution < -0.4 is 22.1 Å². The lowest BCUT2D eigenvalue weighted by molar-refractivity contribution is -0.121. The topological polar surface area (TPSA) is 110 Å². The summed E-state index contributed by atoms with van der Waals surface area (Å²) >= 11 is 0. The Hall–Kier alpha value is -1.14. The minimum Gasteiger partial charge on any atom is -0.368 e. The molecule has 2 atom stereocenters. The van der Waals surface area contributed by atoms with E-state index in [4.69, 9.17) is 11.5 Å². The Morgan fingerprint density at radius 1 is 0.938 bits per heavy atom. The molecular weight excluding hydrogens is 208 g/mol. The van der Waals surface area contributed by atoms with Gasteiger partial charge in [-0.1, -0.05) is 13.8 Å². The van der Waals surface area contributed by atoms with Crippen LogP contribution in [0.1, 0.15) is 26.7 Å². The van der Waals surface area contributed by atoms with Crippen molar-refractivity contribution < 1.29 is 9.59 Å². The zero-order valence-corrected chi connectivity index (χ0v) is 9.95. The molecule has 0 aromatic carbocycles. The van der Waals surface area contributed by atoms with Crippen molar-refractivity contribution in [3.05, 3.63) is 0 Å². The van der Waals surface area contributed by atoms with Crippen LogP contribution in [-0.2, 0) is 9.59 Å². The van der Waals surface area contributed by atoms with E-state index < -0.39 is 0 Å². The molecule has 0 aromatic rings. The normalized spacial score (nSPS) is 14.4. The Bertz CT molecular complexity index is 209. The summed E-state index contributed by atoms with van der Waals surface area (Å²) in [4.78, 5) is 21.8. The number of rotatable bonds is 9. The molecule has 0 bridgehead atoms. The summed E-state index contributed by atoms with van der Waals surface area (Å²) in [6.45, 7) is 4.92. The van der Waals surface area contributed by atoms with Gasteiger partial charge in [-0.05, 0) is 12.8 Å². The molecule has 6 N–H and O–H groups in total. The van der Waals surface area contributed by atoms with Gasteiger partial charge in [0, 0.05) is 13.1 Å². The fourth-order valence-corrected chi connectivity index (χ4v) is 1.39. The molecule has 94 valence electrons. The molecule has 0 radical (unpaired) electrons. The van der Waals surface area contributed by atoms with Crippen LogP contribution >= 0.6 is 0 Å². The third-order valence-corrected chi connectivity index (χ3v) is 2.41. The molecule has 2 amide bonds. The summed E-state index contributed by atoms with van der Waals surface area (Å²) < 4.78 is 0. The number of hydrogen-bond donors (Lipinski definition) is 4. The molecule has 0 aromatic heterocycles. The average Bonchev–Trinajstić information content (AvgIpc) is 2.22. The standard InChI is InChI=1S/C10H22N4O2/c1-3-7(9(11)15)13-5-6-14-8(4-2)10(12)16/h7-8,13-14H,3-6H2,1-2H3,(H2,11,15)(H2,12,16). The highest BCUT2D eigenvalue weighted by Crippen LogP contribution is 1.90. The van der Waals surface area contributed by atoms with E-state index in [1.165, 1.54) is 0 Å². The zero-order chi connectivity index (χ0) is 12.6. The number of nitrogens with one attached hydrogen (secondary N) is 2. The second kappa shape index (κ2) is 8.06. The second-order valence-electron chi connectivity index (χ2n) is 3.63. The average molecular weight is 230 g/mol. The summed E-state index contributed by atoms with van der Waals surface area (Å²) in [6, 6.07) is -0.620. The maximum Gasteiger partial charge on any atom is 0.234 e. The van der Waals surface area contributed by atoms with Crippen molar-refractivity contribution in [2.75, 3.05) is 13.1 Å². The Morgan fingerprint density at radius 3 is 1.44 bits per heavy atom. The lowest BCUT2D eigenvalue weighted by atomic mass is 10.2. The summed E-state index contributed by atoms with van der Waals surface area (Å²) in [6.07, 6.45) is 1.31. The minimum absolute atomic E-state index is 0.310. The van der Waals surface area contributed by atoms with E-state index in [1.54, 1.807) is 0 Å². The second-order valence-corrected chi connectivity index (χ2v) is 3.63. The first-order chi connectivity index (χ1) is 7.52. The predicted octanol–water partition coefficient (Wildman–Crippen LogP) is -1.31. The first-order valence-electron chi connectivity index (χ1n) is 5.58. The quantitative estimate of drug-likeness (QED) is 0.369. The molecule has 16 heavy (non-hydrogen) atoms. The number of hydrogen-bond acceptors (Lipinski definition) is 4. The number of carbonyl (C=O) groups is 2. The Labute approximate surface area is 96.1 Å². The maximum absolute atomic E-state index is 10.9. The third-order valence-electron chi connectivity index (χ3n) is 2.41. The number of nitrogens with two attached hydrogens (primary N) is 2. The van der Waals surface area contributed by atoms with Crippen LogP contribution in [0.5, 0.6) is 0 Å². The molecule has 2 unspecified atom stereocenters. The molecular formula is C10H22N4O2. The van der Waals surface area contributed by atoms with Gasteiger partial charge in [-0.15, -0.1) is 0 Å². The molecule has 0 aliphatic rings. The van der Waals surface area contributed by atoms with Gasteiger partial charge in [-0.3, -0.25) is 9.59 Å². The van der Waals surface area contributed by atoms with Crippen LogP contribution in [0, 0.1) is 0 Å². The first-order valence-corrected chi connectivity index (χ1v) is 5.58.